The van der Waals surface area contributed by atoms with Gasteiger partial charge < -0.3 is 20.3 Å². The molecule has 2 amide bonds. The number of hydrogen-bond acceptors (Lipinski definition) is 5. The van der Waals surface area contributed by atoms with E-state index < -0.39 is 18.2 Å². The van der Waals surface area contributed by atoms with Crippen LogP contribution in [0.25, 0.3) is 0 Å². The Balaban J connectivity index is 0. The van der Waals surface area contributed by atoms with E-state index in [2.05, 4.69) is 20.5 Å². The van der Waals surface area contributed by atoms with Crippen molar-refractivity contribution in [3.05, 3.63) is 12.3 Å². The molecule has 0 fully saturated rings. The van der Waals surface area contributed by atoms with Crippen LogP contribution >= 0.6 is 0 Å². The van der Waals surface area contributed by atoms with Crippen LogP contribution in [0.2, 0.25) is 0 Å². The van der Waals surface area contributed by atoms with Crippen LogP contribution in [0.15, 0.2) is 12.3 Å². The molecule has 0 heterocycles. The number of carbonyl (C=O) groups excluding carboxylic acids is 2. The normalized spacial score (nSPS) is 8.82. The van der Waals surface area contributed by atoms with Gasteiger partial charge in [0.15, 0.2) is 0 Å². The molecule has 0 aliphatic rings. The number of carboxylic acids is 1. The quantitative estimate of drug-likeness (QED) is 0.619. The summed E-state index contributed by atoms with van der Waals surface area (Å²) in [5.74, 6) is -1.12. The van der Waals surface area contributed by atoms with Crippen LogP contribution in [0, 0.1) is 0 Å². The molecule has 0 rings (SSSR count). The highest BCUT2D eigenvalue weighted by Crippen LogP contribution is 1.76. The highest BCUT2D eigenvalue weighted by molar-refractivity contribution is 5.80. The van der Waals surface area contributed by atoms with Gasteiger partial charge in [-0.05, 0) is 13.8 Å². The molecule has 0 aromatic heterocycles. The van der Waals surface area contributed by atoms with Crippen LogP contribution in [0.5, 0.6) is 0 Å². The second-order valence-electron chi connectivity index (χ2n) is 2.29. The molecule has 0 spiro atoms. The van der Waals surface area contributed by atoms with Crippen molar-refractivity contribution >= 4 is 18.2 Å². The lowest BCUT2D eigenvalue weighted by molar-refractivity contribution is -0.131. The number of amides is 2. The van der Waals surface area contributed by atoms with Gasteiger partial charge in [0.2, 0.25) is 0 Å². The Kier molecular flexibility index (Phi) is 11.9. The van der Waals surface area contributed by atoms with Crippen LogP contribution in [0.4, 0.5) is 9.59 Å². The fourth-order valence-corrected chi connectivity index (χ4v) is 0.496. The molecule has 0 bridgehead atoms. The van der Waals surface area contributed by atoms with Crippen molar-refractivity contribution in [1.82, 2.24) is 5.32 Å². The Morgan fingerprint density at radius 3 is 2.06 bits per heavy atom. The molecule has 98 valence electrons. The van der Waals surface area contributed by atoms with E-state index in [9.17, 15) is 14.4 Å². The van der Waals surface area contributed by atoms with Gasteiger partial charge in [-0.1, -0.05) is 0 Å². The molecule has 8 heteroatoms. The molecule has 0 saturated heterocycles. The fraction of sp³-hybridized carbons (Fsp3) is 0.444. The highest BCUT2D eigenvalue weighted by atomic mass is 16.5. The van der Waals surface area contributed by atoms with E-state index in [1.54, 1.807) is 13.8 Å². The molecule has 0 aromatic carbocycles. The monoisotopic (exact) mass is 248 g/mol. The van der Waals surface area contributed by atoms with Gasteiger partial charge in [0.25, 0.3) is 0 Å². The highest BCUT2D eigenvalue weighted by Gasteiger charge is 1.94. The Hall–Kier alpha value is -2.25. The number of nitrogens with two attached hydrogens (primary N) is 1. The van der Waals surface area contributed by atoms with Gasteiger partial charge in [0.1, 0.15) is 0 Å². The molecule has 0 aromatic rings. The lowest BCUT2D eigenvalue weighted by Gasteiger charge is -1.97. The summed E-state index contributed by atoms with van der Waals surface area (Å²) < 4.78 is 8.61. The third-order valence-electron chi connectivity index (χ3n) is 0.989. The first-order valence-corrected chi connectivity index (χ1v) is 4.69. The molecular weight excluding hydrogens is 232 g/mol. The lowest BCUT2D eigenvalue weighted by Crippen LogP contribution is -2.18. The molecular formula is C9H16N2O6. The third-order valence-corrected chi connectivity index (χ3v) is 0.989. The molecule has 0 unspecified atom stereocenters. The van der Waals surface area contributed by atoms with Crippen molar-refractivity contribution in [1.29, 1.82) is 0 Å². The zero-order chi connectivity index (χ0) is 13.7. The minimum Gasteiger partial charge on any atom is -0.478 e. The molecule has 0 aliphatic carbocycles. The maximum atomic E-state index is 10.4. The zero-order valence-corrected chi connectivity index (χ0v) is 9.63. The van der Waals surface area contributed by atoms with Gasteiger partial charge in [-0.15, -0.1) is 0 Å². The van der Waals surface area contributed by atoms with E-state index in [4.69, 9.17) is 5.11 Å². The smallest absolute Gasteiger partial charge is 0.411 e. The Bertz CT molecular complexity index is 277. The third kappa shape index (κ3) is 20.0. The second kappa shape index (κ2) is 11.8. The second-order valence-corrected chi connectivity index (χ2v) is 2.29. The number of hydrogen-bond donors (Lipinski definition) is 3. The molecule has 8 nitrogen and oxygen atoms in total. The maximum Gasteiger partial charge on any atom is 0.411 e. The summed E-state index contributed by atoms with van der Waals surface area (Å²) in [5.41, 5.74) is 4.54. The summed E-state index contributed by atoms with van der Waals surface area (Å²) in [4.78, 5) is 29.9. The number of rotatable bonds is 4. The van der Waals surface area contributed by atoms with Crippen LogP contribution in [0.1, 0.15) is 13.8 Å². The largest absolute Gasteiger partial charge is 0.478 e. The van der Waals surface area contributed by atoms with E-state index in [1.807, 2.05) is 0 Å². The van der Waals surface area contributed by atoms with Gasteiger partial charge in [0.05, 0.1) is 13.2 Å². The molecule has 0 saturated carbocycles. The molecule has 17 heavy (non-hydrogen) atoms. The average Bonchev–Trinajstić information content (AvgIpc) is 2.18. The topological polar surface area (TPSA) is 128 Å². The number of aliphatic carboxylic acids is 1. The lowest BCUT2D eigenvalue weighted by atomic mass is 10.6. The van der Waals surface area contributed by atoms with E-state index in [0.717, 1.165) is 12.3 Å². The maximum absolute atomic E-state index is 10.4. The average molecular weight is 248 g/mol. The van der Waals surface area contributed by atoms with Crippen LogP contribution in [-0.2, 0) is 14.3 Å². The summed E-state index contributed by atoms with van der Waals surface area (Å²) in [7, 11) is 0. The van der Waals surface area contributed by atoms with E-state index >= 15 is 0 Å². The SMILES string of the molecule is CCOC(=O)NC=CC(=O)O.CCOC(N)=O. The Labute approximate surface area is 98.4 Å². The summed E-state index contributed by atoms with van der Waals surface area (Å²) in [5, 5.41) is 10.2. The Morgan fingerprint density at radius 2 is 1.76 bits per heavy atom. The van der Waals surface area contributed by atoms with Gasteiger partial charge in [-0.25, -0.2) is 14.4 Å². The van der Waals surface area contributed by atoms with Crippen molar-refractivity contribution in [3.63, 3.8) is 0 Å². The molecule has 0 atom stereocenters. The molecule has 0 aliphatic heterocycles. The number of ether oxygens (including phenoxy) is 2. The number of carboxylic acid groups (broad SMARTS) is 1. The summed E-state index contributed by atoms with van der Waals surface area (Å²) in [6.07, 6.45) is 0.430. The van der Waals surface area contributed by atoms with Crippen LogP contribution in [0.3, 0.4) is 0 Å². The van der Waals surface area contributed by atoms with Gasteiger partial charge in [-0.2, -0.15) is 0 Å². The fourth-order valence-electron chi connectivity index (χ4n) is 0.496. The minimum absolute atomic E-state index is 0.257. The number of primary amides is 1. The zero-order valence-electron chi connectivity index (χ0n) is 9.63. The van der Waals surface area contributed by atoms with Crippen molar-refractivity contribution in [2.24, 2.45) is 5.73 Å². The standard InChI is InChI=1S/C6H9NO4.C3H7NO2/c1-2-11-6(10)7-4-3-5(8)9;1-2-6-3(4)5/h3-4H,2H2,1H3,(H,7,10)(H,8,9);2H2,1H3,(H2,4,5). The first-order valence-electron chi connectivity index (χ1n) is 4.69. The number of alkyl carbamates (subject to hydrolysis) is 1. The van der Waals surface area contributed by atoms with Crippen molar-refractivity contribution < 1.29 is 29.0 Å². The van der Waals surface area contributed by atoms with E-state index in [0.29, 0.717) is 6.61 Å². The molecule has 4 N–H and O–H groups in total. The summed E-state index contributed by atoms with van der Waals surface area (Å²) in [6.45, 7) is 3.97. The predicted molar refractivity (Wildman–Crippen MR) is 58.1 cm³/mol. The summed E-state index contributed by atoms with van der Waals surface area (Å²) >= 11 is 0. The van der Waals surface area contributed by atoms with Crippen LogP contribution < -0.4 is 11.1 Å². The van der Waals surface area contributed by atoms with Crippen molar-refractivity contribution in [2.45, 2.75) is 13.8 Å². The van der Waals surface area contributed by atoms with Crippen LogP contribution in [-0.4, -0.2) is 36.5 Å². The summed E-state index contributed by atoms with van der Waals surface area (Å²) in [6, 6.07) is 0. The van der Waals surface area contributed by atoms with Gasteiger partial charge in [-0.3, -0.25) is 5.32 Å². The Morgan fingerprint density at radius 1 is 1.24 bits per heavy atom. The predicted octanol–water partition coefficient (Wildman–Crippen LogP) is 0.432. The minimum atomic E-state index is -1.12. The van der Waals surface area contributed by atoms with E-state index in [1.165, 1.54) is 0 Å². The van der Waals surface area contributed by atoms with Gasteiger partial charge >= 0.3 is 18.2 Å². The number of carbonyl (C=O) groups is 3. The first kappa shape index (κ1) is 17.2. The van der Waals surface area contributed by atoms with Crippen molar-refractivity contribution in [3.8, 4) is 0 Å². The van der Waals surface area contributed by atoms with E-state index in [-0.39, 0.29) is 6.61 Å². The van der Waals surface area contributed by atoms with Crippen molar-refractivity contribution in [2.75, 3.05) is 13.2 Å². The first-order chi connectivity index (χ1) is 7.93. The molecule has 0 radical (unpaired) electrons. The van der Waals surface area contributed by atoms with Gasteiger partial charge in [0, 0.05) is 12.3 Å². The number of nitrogens with one attached hydrogen (secondary N) is 1.